The van der Waals surface area contributed by atoms with Crippen molar-refractivity contribution in [3.63, 3.8) is 0 Å². The number of hydrogen-bond donors (Lipinski definition) is 2. The molecule has 2 aromatic carbocycles. The lowest BCUT2D eigenvalue weighted by Crippen LogP contribution is -2.63. The van der Waals surface area contributed by atoms with E-state index >= 15 is 0 Å². The normalized spacial score (nSPS) is 17.0. The summed E-state index contributed by atoms with van der Waals surface area (Å²) in [5.74, 6) is 0.379. The van der Waals surface area contributed by atoms with Gasteiger partial charge in [-0.1, -0.05) is 41.5 Å². The minimum absolute atomic E-state index is 0.144. The van der Waals surface area contributed by atoms with Gasteiger partial charge in [0.2, 0.25) is 0 Å². The Morgan fingerprint density at radius 2 is 1.07 bits per heavy atom. The summed E-state index contributed by atoms with van der Waals surface area (Å²) in [6, 6.07) is 4.66. The van der Waals surface area contributed by atoms with E-state index in [1.807, 2.05) is 41.5 Å². The van der Waals surface area contributed by atoms with Crippen LogP contribution in [0.4, 0.5) is 0 Å². The summed E-state index contributed by atoms with van der Waals surface area (Å²) < 4.78 is 79.1. The van der Waals surface area contributed by atoms with E-state index in [9.17, 15) is 25.9 Å². The molecule has 0 atom stereocenters. The van der Waals surface area contributed by atoms with Crippen molar-refractivity contribution in [2.45, 2.75) is 61.4 Å². The second-order valence-corrected chi connectivity index (χ2v) is 16.7. The van der Waals surface area contributed by atoms with Crippen LogP contribution in [-0.2, 0) is 20.2 Å². The van der Waals surface area contributed by atoms with Crippen molar-refractivity contribution in [1.29, 1.82) is 0 Å². The first-order valence-corrected chi connectivity index (χ1v) is 13.5. The molecule has 0 aliphatic carbocycles. The Hall–Kier alpha value is -1.66. The van der Waals surface area contributed by atoms with Gasteiger partial charge < -0.3 is 8.85 Å². The predicted molar refractivity (Wildman–Crippen MR) is 110 cm³/mol. The van der Waals surface area contributed by atoms with Crippen molar-refractivity contribution in [1.82, 2.24) is 0 Å². The summed E-state index contributed by atoms with van der Waals surface area (Å²) in [7, 11) is -12.4. The Labute approximate surface area is 171 Å². The first kappa shape index (κ1) is 22.0. The van der Waals surface area contributed by atoms with Crippen LogP contribution in [0.1, 0.15) is 41.5 Å². The fourth-order valence-corrected chi connectivity index (χ4v) is 9.43. The molecule has 11 heteroatoms. The molecule has 2 N–H and O–H groups in total. The molecule has 160 valence electrons. The SMILES string of the molecule is CC(C)(C)[Si]1(C(C)(C)C)Oc2cc(S(=O)(=O)O)cc3cc(S(=O)(=O)O)cc(c23)O1. The largest absolute Gasteiger partial charge is 0.511 e. The van der Waals surface area contributed by atoms with Gasteiger partial charge in [-0.25, -0.2) is 0 Å². The minimum atomic E-state index is -4.59. The molecule has 29 heavy (non-hydrogen) atoms. The molecule has 0 radical (unpaired) electrons. The van der Waals surface area contributed by atoms with Crippen molar-refractivity contribution in [3.05, 3.63) is 24.3 Å². The van der Waals surface area contributed by atoms with E-state index in [0.717, 1.165) is 12.1 Å². The third kappa shape index (κ3) is 3.54. The standard InChI is InChI=1S/C18H24O8S2Si/c1-17(2,3)29(18(4,5)6)25-14-9-12(27(19,20)21)7-11-8-13(28(22,23)24)10-15(26-29)16(11)14/h7-10H,1-6H3,(H,19,20,21)(H,22,23,24). The van der Waals surface area contributed by atoms with Crippen LogP contribution in [-0.4, -0.2) is 34.5 Å². The highest BCUT2D eigenvalue weighted by Crippen LogP contribution is 2.57. The summed E-state index contributed by atoms with van der Waals surface area (Å²) in [6.07, 6.45) is 0. The topological polar surface area (TPSA) is 127 Å². The second-order valence-electron chi connectivity index (χ2n) is 9.21. The smallest absolute Gasteiger partial charge is 0.471 e. The van der Waals surface area contributed by atoms with Crippen LogP contribution in [0.5, 0.6) is 11.5 Å². The van der Waals surface area contributed by atoms with Gasteiger partial charge in [0.1, 0.15) is 11.5 Å². The molecule has 0 aromatic heterocycles. The van der Waals surface area contributed by atoms with Crippen molar-refractivity contribution >= 4 is 39.6 Å². The molecule has 0 saturated carbocycles. The lowest BCUT2D eigenvalue weighted by atomic mass is 10.1. The van der Waals surface area contributed by atoms with E-state index < -0.39 is 48.7 Å². The van der Waals surface area contributed by atoms with E-state index in [0.29, 0.717) is 5.39 Å². The Bertz CT molecular complexity index is 1130. The quantitative estimate of drug-likeness (QED) is 0.505. The molecule has 0 fully saturated rings. The van der Waals surface area contributed by atoms with Crippen LogP contribution in [0.15, 0.2) is 34.1 Å². The first-order chi connectivity index (χ1) is 12.9. The number of rotatable bonds is 2. The molecule has 1 aliphatic heterocycles. The molecule has 0 unspecified atom stereocenters. The lowest BCUT2D eigenvalue weighted by Gasteiger charge is -2.50. The van der Waals surface area contributed by atoms with Gasteiger partial charge in [0.25, 0.3) is 20.2 Å². The molecule has 1 aliphatic rings. The van der Waals surface area contributed by atoms with E-state index in [1.54, 1.807) is 0 Å². The zero-order chi connectivity index (χ0) is 22.2. The van der Waals surface area contributed by atoms with Crippen molar-refractivity contribution < 1.29 is 34.8 Å². The van der Waals surface area contributed by atoms with E-state index in [4.69, 9.17) is 8.85 Å². The summed E-state index contributed by atoms with van der Waals surface area (Å²) in [6.45, 7) is 11.6. The third-order valence-corrected chi connectivity index (χ3v) is 11.6. The van der Waals surface area contributed by atoms with Crippen LogP contribution in [0.3, 0.4) is 0 Å². The predicted octanol–water partition coefficient (Wildman–Crippen LogP) is 4.15. The molecular formula is C18H24O8S2Si. The number of benzene rings is 2. The molecular weight excluding hydrogens is 436 g/mol. The van der Waals surface area contributed by atoms with Gasteiger partial charge in [0, 0.05) is 22.2 Å². The van der Waals surface area contributed by atoms with Gasteiger partial charge in [-0.3, -0.25) is 9.11 Å². The third-order valence-electron chi connectivity index (χ3n) is 5.00. The molecule has 0 bridgehead atoms. The molecule has 1 heterocycles. The highest BCUT2D eigenvalue weighted by Gasteiger charge is 2.63. The van der Waals surface area contributed by atoms with E-state index in [2.05, 4.69) is 0 Å². The zero-order valence-electron chi connectivity index (χ0n) is 17.0. The lowest BCUT2D eigenvalue weighted by molar-refractivity contribution is 0.286. The summed E-state index contributed by atoms with van der Waals surface area (Å²) >= 11 is 0. The molecule has 0 spiro atoms. The maximum atomic E-state index is 11.8. The highest BCUT2D eigenvalue weighted by molar-refractivity contribution is 7.86. The Kier molecular flexibility index (Phi) is 4.69. The van der Waals surface area contributed by atoms with Gasteiger partial charge in [-0.05, 0) is 17.5 Å². The van der Waals surface area contributed by atoms with Crippen molar-refractivity contribution in [2.24, 2.45) is 0 Å². The van der Waals surface area contributed by atoms with Crippen LogP contribution >= 0.6 is 0 Å². The van der Waals surface area contributed by atoms with Gasteiger partial charge in [0.15, 0.2) is 0 Å². The van der Waals surface area contributed by atoms with Gasteiger partial charge >= 0.3 is 8.56 Å². The summed E-state index contributed by atoms with van der Waals surface area (Å²) in [5, 5.41) is -0.485. The maximum Gasteiger partial charge on any atom is 0.471 e. The Morgan fingerprint density at radius 1 is 0.724 bits per heavy atom. The Morgan fingerprint density at radius 3 is 1.34 bits per heavy atom. The number of hydrogen-bond acceptors (Lipinski definition) is 6. The maximum absolute atomic E-state index is 11.8. The molecule has 2 aromatic rings. The zero-order valence-corrected chi connectivity index (χ0v) is 19.6. The molecule has 0 amide bonds. The van der Waals surface area contributed by atoms with Crippen molar-refractivity contribution in [2.75, 3.05) is 0 Å². The van der Waals surface area contributed by atoms with Gasteiger partial charge in [-0.15, -0.1) is 0 Å². The van der Waals surface area contributed by atoms with E-state index in [1.165, 1.54) is 12.1 Å². The molecule has 8 nitrogen and oxygen atoms in total. The molecule has 0 saturated heterocycles. The summed E-state index contributed by atoms with van der Waals surface area (Å²) in [5.41, 5.74) is 0. The average Bonchev–Trinajstić information content (AvgIpc) is 2.50. The highest BCUT2D eigenvalue weighted by atomic mass is 32.2. The fourth-order valence-electron chi connectivity index (χ4n) is 3.91. The minimum Gasteiger partial charge on any atom is -0.511 e. The van der Waals surface area contributed by atoms with Gasteiger partial charge in [0.05, 0.1) is 15.2 Å². The second kappa shape index (κ2) is 6.17. The van der Waals surface area contributed by atoms with E-state index in [-0.39, 0.29) is 16.9 Å². The van der Waals surface area contributed by atoms with Crippen LogP contribution in [0, 0.1) is 0 Å². The Balaban J connectivity index is 2.48. The van der Waals surface area contributed by atoms with Crippen molar-refractivity contribution in [3.8, 4) is 11.5 Å². The molecule has 3 rings (SSSR count). The van der Waals surface area contributed by atoms with Gasteiger partial charge in [-0.2, -0.15) is 16.8 Å². The van der Waals surface area contributed by atoms with Crippen LogP contribution in [0.25, 0.3) is 10.8 Å². The average molecular weight is 461 g/mol. The monoisotopic (exact) mass is 460 g/mol. The van der Waals surface area contributed by atoms with Crippen LogP contribution < -0.4 is 8.85 Å². The van der Waals surface area contributed by atoms with Crippen LogP contribution in [0.2, 0.25) is 10.1 Å². The fraction of sp³-hybridized carbons (Fsp3) is 0.444. The first-order valence-electron chi connectivity index (χ1n) is 8.82. The summed E-state index contributed by atoms with van der Waals surface area (Å²) in [4.78, 5) is -0.878.